The van der Waals surface area contributed by atoms with Gasteiger partial charge >= 0.3 is 0 Å². The van der Waals surface area contributed by atoms with Crippen molar-refractivity contribution in [2.45, 2.75) is 32.9 Å². The van der Waals surface area contributed by atoms with Crippen LogP contribution in [0, 0.1) is 0 Å². The first-order chi connectivity index (χ1) is 12.7. The van der Waals surface area contributed by atoms with Gasteiger partial charge in [-0.15, -0.1) is 11.3 Å². The number of hydrogen-bond donors (Lipinski definition) is 3. The highest BCUT2D eigenvalue weighted by atomic mass is 32.1. The minimum absolute atomic E-state index is 0.0223. The van der Waals surface area contributed by atoms with E-state index in [1.54, 1.807) is 0 Å². The first-order valence-corrected chi connectivity index (χ1v) is 9.73. The summed E-state index contributed by atoms with van der Waals surface area (Å²) in [5.74, 6) is 0.570. The summed E-state index contributed by atoms with van der Waals surface area (Å²) in [6, 6.07) is 11.8. The fraction of sp³-hybridized carbons (Fsp3) is 0.350. The van der Waals surface area contributed by atoms with Gasteiger partial charge in [-0.25, -0.2) is 4.98 Å². The average Bonchev–Trinajstić information content (AvgIpc) is 2.98. The molecule has 3 rings (SSSR count). The SMILES string of the molecule is C[NH+](CC(=O)NC(C)(C)C)Cc1nc2sc(-c3ccccc3)cc2c(=O)[nH]1. The Hall–Kier alpha value is -2.51. The van der Waals surface area contributed by atoms with Crippen molar-refractivity contribution in [3.63, 3.8) is 0 Å². The lowest BCUT2D eigenvalue weighted by atomic mass is 10.1. The minimum Gasteiger partial charge on any atom is -0.347 e. The van der Waals surface area contributed by atoms with Gasteiger partial charge in [-0.05, 0) is 32.4 Å². The van der Waals surface area contributed by atoms with E-state index in [-0.39, 0.29) is 17.0 Å². The summed E-state index contributed by atoms with van der Waals surface area (Å²) in [5.41, 5.74) is 0.677. The van der Waals surface area contributed by atoms with E-state index in [0.29, 0.717) is 24.3 Å². The van der Waals surface area contributed by atoms with Gasteiger partial charge in [0.1, 0.15) is 11.4 Å². The smallest absolute Gasteiger partial charge is 0.275 e. The summed E-state index contributed by atoms with van der Waals surface area (Å²) in [5, 5.41) is 3.55. The molecule has 0 radical (unpaired) electrons. The molecule has 27 heavy (non-hydrogen) atoms. The zero-order valence-electron chi connectivity index (χ0n) is 16.1. The molecule has 3 N–H and O–H groups in total. The molecule has 1 unspecified atom stereocenters. The maximum absolute atomic E-state index is 12.5. The molecule has 0 bridgehead atoms. The molecular formula is C20H25N4O2S+. The molecule has 7 heteroatoms. The van der Waals surface area contributed by atoms with E-state index >= 15 is 0 Å². The van der Waals surface area contributed by atoms with E-state index in [9.17, 15) is 9.59 Å². The molecule has 0 aliphatic carbocycles. The van der Waals surface area contributed by atoms with E-state index in [1.807, 2.05) is 64.2 Å². The number of hydrogen-bond acceptors (Lipinski definition) is 4. The number of rotatable bonds is 5. The van der Waals surface area contributed by atoms with Gasteiger partial charge in [0.2, 0.25) is 0 Å². The molecule has 0 fully saturated rings. The number of benzene rings is 1. The van der Waals surface area contributed by atoms with Crippen LogP contribution in [-0.2, 0) is 11.3 Å². The number of H-pyrrole nitrogens is 1. The van der Waals surface area contributed by atoms with Crippen molar-refractivity contribution in [1.29, 1.82) is 0 Å². The third kappa shape index (κ3) is 5.02. The number of fused-ring (bicyclic) bond motifs is 1. The number of likely N-dealkylation sites (N-methyl/N-ethyl adjacent to an activating group) is 1. The van der Waals surface area contributed by atoms with Crippen LogP contribution in [0.4, 0.5) is 0 Å². The van der Waals surface area contributed by atoms with Gasteiger partial charge in [0.15, 0.2) is 12.4 Å². The Morgan fingerprint density at radius 1 is 1.26 bits per heavy atom. The second-order valence-electron chi connectivity index (χ2n) is 7.82. The Morgan fingerprint density at radius 3 is 2.63 bits per heavy atom. The van der Waals surface area contributed by atoms with E-state index in [0.717, 1.165) is 20.2 Å². The third-order valence-electron chi connectivity index (χ3n) is 3.96. The molecule has 6 nitrogen and oxygen atoms in total. The lowest BCUT2D eigenvalue weighted by molar-refractivity contribution is -0.886. The quantitative estimate of drug-likeness (QED) is 0.624. The average molecular weight is 386 g/mol. The molecule has 1 amide bonds. The summed E-state index contributed by atoms with van der Waals surface area (Å²) >= 11 is 1.51. The largest absolute Gasteiger partial charge is 0.347 e. The lowest BCUT2D eigenvalue weighted by Gasteiger charge is -2.21. The van der Waals surface area contributed by atoms with Crippen LogP contribution in [0.2, 0.25) is 0 Å². The molecular weight excluding hydrogens is 360 g/mol. The Labute approximate surface area is 162 Å². The maximum Gasteiger partial charge on any atom is 0.275 e. The highest BCUT2D eigenvalue weighted by Gasteiger charge is 2.18. The zero-order chi connectivity index (χ0) is 19.6. The summed E-state index contributed by atoms with van der Waals surface area (Å²) in [6.07, 6.45) is 0. The van der Waals surface area contributed by atoms with Gasteiger partial charge in [0.25, 0.3) is 11.5 Å². The van der Waals surface area contributed by atoms with Crippen LogP contribution < -0.4 is 15.8 Å². The lowest BCUT2D eigenvalue weighted by Crippen LogP contribution is -3.09. The third-order valence-corrected chi connectivity index (χ3v) is 5.03. The topological polar surface area (TPSA) is 79.3 Å². The Kier molecular flexibility index (Phi) is 5.43. The molecule has 2 aromatic heterocycles. The highest BCUT2D eigenvalue weighted by molar-refractivity contribution is 7.21. The maximum atomic E-state index is 12.5. The van der Waals surface area contributed by atoms with Gasteiger partial charge in [-0.2, -0.15) is 0 Å². The zero-order valence-corrected chi connectivity index (χ0v) is 16.9. The Morgan fingerprint density at radius 2 is 1.96 bits per heavy atom. The van der Waals surface area contributed by atoms with E-state index in [4.69, 9.17) is 0 Å². The summed E-state index contributed by atoms with van der Waals surface area (Å²) in [7, 11) is 1.91. The summed E-state index contributed by atoms with van der Waals surface area (Å²) in [4.78, 5) is 34.7. The second-order valence-corrected chi connectivity index (χ2v) is 8.85. The molecule has 1 aromatic carbocycles. The van der Waals surface area contributed by atoms with E-state index < -0.39 is 0 Å². The summed E-state index contributed by atoms with van der Waals surface area (Å²) < 4.78 is 0. The van der Waals surface area contributed by atoms with Crippen molar-refractivity contribution in [3.05, 3.63) is 52.6 Å². The van der Waals surface area contributed by atoms with Crippen molar-refractivity contribution < 1.29 is 9.69 Å². The Balaban J connectivity index is 1.78. The predicted octanol–water partition coefficient (Wildman–Crippen LogP) is 1.58. The number of nitrogens with one attached hydrogen (secondary N) is 3. The van der Waals surface area contributed by atoms with Crippen LogP contribution in [0.25, 0.3) is 20.7 Å². The van der Waals surface area contributed by atoms with Crippen LogP contribution in [0.1, 0.15) is 26.6 Å². The molecule has 0 saturated carbocycles. The number of nitrogens with zero attached hydrogens (tertiary/aromatic N) is 1. The molecule has 0 aliphatic heterocycles. The van der Waals surface area contributed by atoms with Crippen molar-refractivity contribution in [3.8, 4) is 10.4 Å². The first kappa shape index (κ1) is 19.3. The van der Waals surface area contributed by atoms with Crippen molar-refractivity contribution in [1.82, 2.24) is 15.3 Å². The first-order valence-electron chi connectivity index (χ1n) is 8.92. The Bertz CT molecular complexity index is 1000. The molecule has 0 aliphatic rings. The number of quaternary nitrogens is 1. The number of thiophene rings is 1. The number of aromatic amines is 1. The van der Waals surface area contributed by atoms with E-state index in [2.05, 4.69) is 15.3 Å². The molecule has 2 heterocycles. The van der Waals surface area contributed by atoms with Gasteiger partial charge < -0.3 is 15.2 Å². The van der Waals surface area contributed by atoms with Crippen molar-refractivity contribution >= 4 is 27.5 Å². The minimum atomic E-state index is -0.256. The fourth-order valence-corrected chi connectivity index (χ4v) is 3.95. The molecule has 0 spiro atoms. The van der Waals surface area contributed by atoms with Gasteiger partial charge in [-0.1, -0.05) is 30.3 Å². The highest BCUT2D eigenvalue weighted by Crippen LogP contribution is 2.30. The number of aromatic nitrogens is 2. The van der Waals surface area contributed by atoms with Crippen LogP contribution in [0.15, 0.2) is 41.2 Å². The molecule has 0 saturated heterocycles. The fourth-order valence-electron chi connectivity index (χ4n) is 2.89. The number of amides is 1. The normalized spacial score (nSPS) is 12.9. The second kappa shape index (κ2) is 7.62. The van der Waals surface area contributed by atoms with Crippen LogP contribution >= 0.6 is 11.3 Å². The standard InChI is InChI=1S/C20H24N4O2S/c1-20(2,3)23-17(25)12-24(4)11-16-21-18(26)14-10-15(27-19(14)22-16)13-8-6-5-7-9-13/h5-10H,11-12H2,1-4H3,(H,23,25)(H,21,22,26)/p+1. The molecule has 1 atom stereocenters. The van der Waals surface area contributed by atoms with E-state index in [1.165, 1.54) is 11.3 Å². The summed E-state index contributed by atoms with van der Waals surface area (Å²) in [6.45, 7) is 6.65. The van der Waals surface area contributed by atoms with Crippen molar-refractivity contribution in [2.75, 3.05) is 13.6 Å². The monoisotopic (exact) mass is 385 g/mol. The molecule has 142 valence electrons. The molecule has 3 aromatic rings. The van der Waals surface area contributed by atoms with Gasteiger partial charge in [-0.3, -0.25) is 9.59 Å². The number of carbonyl (C=O) groups is 1. The van der Waals surface area contributed by atoms with Gasteiger partial charge in [0.05, 0.1) is 12.4 Å². The van der Waals surface area contributed by atoms with Crippen LogP contribution in [-0.4, -0.2) is 35.0 Å². The van der Waals surface area contributed by atoms with Crippen LogP contribution in [0.5, 0.6) is 0 Å². The predicted molar refractivity (Wildman–Crippen MR) is 109 cm³/mol. The number of carbonyl (C=O) groups excluding carboxylic acids is 1. The van der Waals surface area contributed by atoms with Gasteiger partial charge in [0, 0.05) is 10.4 Å². The van der Waals surface area contributed by atoms with Crippen LogP contribution in [0.3, 0.4) is 0 Å². The van der Waals surface area contributed by atoms with Crippen molar-refractivity contribution in [2.24, 2.45) is 0 Å².